The van der Waals surface area contributed by atoms with E-state index in [1.807, 2.05) is 0 Å². The standard InChI is InChI=1S/C26H38O2/c1-4-5-6-7-10-16-23(2)17-11-8-9-12-18-24-19-13-14-20-25(24)21-15-22-26(27)28-3/h9-14,16-17,19-20,23H,4-8,15,18,21-22H2,1-3H3/b12-9-,16-10-,17-11-. The first kappa shape index (κ1) is 23.9. The average Bonchev–Trinajstić information content (AvgIpc) is 2.71. The van der Waals surface area contributed by atoms with Crippen molar-refractivity contribution in [3.05, 3.63) is 71.8 Å². The number of allylic oxidation sites excluding steroid dienone is 6. The van der Waals surface area contributed by atoms with Crippen LogP contribution in [0, 0.1) is 5.92 Å². The van der Waals surface area contributed by atoms with E-state index in [0.29, 0.717) is 12.3 Å². The normalized spacial score (nSPS) is 13.0. The zero-order valence-corrected chi connectivity index (χ0v) is 18.0. The minimum atomic E-state index is -0.130. The summed E-state index contributed by atoms with van der Waals surface area (Å²) in [5.41, 5.74) is 2.67. The number of aryl methyl sites for hydroxylation is 1. The largest absolute Gasteiger partial charge is 0.469 e. The van der Waals surface area contributed by atoms with Gasteiger partial charge in [0, 0.05) is 6.42 Å². The van der Waals surface area contributed by atoms with E-state index in [-0.39, 0.29) is 5.97 Å². The Morgan fingerprint density at radius 3 is 2.50 bits per heavy atom. The van der Waals surface area contributed by atoms with Gasteiger partial charge in [-0.05, 0) is 55.6 Å². The molecule has 0 fully saturated rings. The third-order valence-corrected chi connectivity index (χ3v) is 4.80. The van der Waals surface area contributed by atoms with E-state index in [9.17, 15) is 4.79 Å². The quantitative estimate of drug-likeness (QED) is 0.197. The van der Waals surface area contributed by atoms with E-state index in [1.165, 1.54) is 43.9 Å². The summed E-state index contributed by atoms with van der Waals surface area (Å²) in [6.45, 7) is 4.48. The maximum atomic E-state index is 11.3. The molecule has 1 unspecified atom stereocenters. The molecule has 1 atom stereocenters. The maximum absolute atomic E-state index is 11.3. The van der Waals surface area contributed by atoms with Crippen LogP contribution < -0.4 is 0 Å². The number of benzene rings is 1. The van der Waals surface area contributed by atoms with Gasteiger partial charge in [-0.3, -0.25) is 4.79 Å². The van der Waals surface area contributed by atoms with Crippen LogP contribution in [0.5, 0.6) is 0 Å². The van der Waals surface area contributed by atoms with Gasteiger partial charge in [0.2, 0.25) is 0 Å². The van der Waals surface area contributed by atoms with Crippen LogP contribution >= 0.6 is 0 Å². The molecular formula is C26H38O2. The Hall–Kier alpha value is -2.09. The summed E-state index contributed by atoms with van der Waals surface area (Å²) in [6, 6.07) is 8.50. The molecule has 1 aromatic rings. The highest BCUT2D eigenvalue weighted by Crippen LogP contribution is 2.14. The molecule has 2 heteroatoms. The Balaban J connectivity index is 2.34. The summed E-state index contributed by atoms with van der Waals surface area (Å²) in [5.74, 6) is 0.375. The number of carbonyl (C=O) groups excluding carboxylic acids is 1. The first-order chi connectivity index (χ1) is 13.7. The highest BCUT2D eigenvalue weighted by molar-refractivity contribution is 5.69. The van der Waals surface area contributed by atoms with Gasteiger partial charge in [-0.25, -0.2) is 0 Å². The van der Waals surface area contributed by atoms with Crippen LogP contribution in [0.1, 0.15) is 69.9 Å². The van der Waals surface area contributed by atoms with Gasteiger partial charge in [-0.1, -0.05) is 87.4 Å². The molecule has 1 rings (SSSR count). The van der Waals surface area contributed by atoms with Gasteiger partial charge in [0.05, 0.1) is 7.11 Å². The van der Waals surface area contributed by atoms with Crippen molar-refractivity contribution in [2.24, 2.45) is 5.92 Å². The lowest BCUT2D eigenvalue weighted by Crippen LogP contribution is -2.01. The van der Waals surface area contributed by atoms with Crippen molar-refractivity contribution >= 4 is 5.97 Å². The number of esters is 1. The first-order valence-corrected chi connectivity index (χ1v) is 10.8. The van der Waals surface area contributed by atoms with E-state index < -0.39 is 0 Å². The first-order valence-electron chi connectivity index (χ1n) is 10.8. The minimum Gasteiger partial charge on any atom is -0.469 e. The molecule has 0 aliphatic rings. The minimum absolute atomic E-state index is 0.130. The second-order valence-corrected chi connectivity index (χ2v) is 7.32. The van der Waals surface area contributed by atoms with Crippen LogP contribution in [0.25, 0.3) is 0 Å². The van der Waals surface area contributed by atoms with Crippen molar-refractivity contribution in [1.29, 1.82) is 0 Å². The van der Waals surface area contributed by atoms with Crippen molar-refractivity contribution in [3.8, 4) is 0 Å². The van der Waals surface area contributed by atoms with Gasteiger partial charge in [-0.15, -0.1) is 0 Å². The van der Waals surface area contributed by atoms with Gasteiger partial charge in [0.15, 0.2) is 0 Å². The molecule has 0 radical (unpaired) electrons. The van der Waals surface area contributed by atoms with Gasteiger partial charge in [-0.2, -0.15) is 0 Å². The average molecular weight is 383 g/mol. The van der Waals surface area contributed by atoms with Crippen LogP contribution in [0.15, 0.2) is 60.7 Å². The molecular weight excluding hydrogens is 344 g/mol. The third-order valence-electron chi connectivity index (χ3n) is 4.80. The predicted octanol–water partition coefficient (Wildman–Crippen LogP) is 7.00. The number of hydrogen-bond acceptors (Lipinski definition) is 2. The smallest absolute Gasteiger partial charge is 0.305 e. The molecule has 2 nitrogen and oxygen atoms in total. The Kier molecular flexibility index (Phi) is 13.6. The number of methoxy groups -OCH3 is 1. The zero-order chi connectivity index (χ0) is 20.5. The molecule has 0 aromatic heterocycles. The van der Waals surface area contributed by atoms with Crippen molar-refractivity contribution in [2.75, 3.05) is 7.11 Å². The Labute approximate surface area is 172 Å². The lowest BCUT2D eigenvalue weighted by atomic mass is 9.99. The molecule has 0 spiro atoms. The molecule has 28 heavy (non-hydrogen) atoms. The maximum Gasteiger partial charge on any atom is 0.305 e. The summed E-state index contributed by atoms with van der Waals surface area (Å²) in [4.78, 5) is 11.3. The van der Waals surface area contributed by atoms with E-state index in [2.05, 4.69) is 74.6 Å². The summed E-state index contributed by atoms with van der Waals surface area (Å²) in [5, 5.41) is 0. The number of rotatable bonds is 14. The molecule has 0 bridgehead atoms. The molecule has 0 saturated heterocycles. The van der Waals surface area contributed by atoms with Gasteiger partial charge >= 0.3 is 5.97 Å². The van der Waals surface area contributed by atoms with Gasteiger partial charge < -0.3 is 4.74 Å². The second kappa shape index (κ2) is 15.9. The van der Waals surface area contributed by atoms with Crippen LogP contribution in [-0.2, 0) is 22.4 Å². The zero-order valence-electron chi connectivity index (χ0n) is 18.0. The fraction of sp³-hybridized carbons (Fsp3) is 0.500. The number of hydrogen-bond donors (Lipinski definition) is 0. The van der Waals surface area contributed by atoms with E-state index in [4.69, 9.17) is 4.74 Å². The van der Waals surface area contributed by atoms with Crippen molar-refractivity contribution in [3.63, 3.8) is 0 Å². The topological polar surface area (TPSA) is 26.3 Å². The predicted molar refractivity (Wildman–Crippen MR) is 120 cm³/mol. The highest BCUT2D eigenvalue weighted by Gasteiger charge is 2.03. The molecule has 0 aliphatic carbocycles. The van der Waals surface area contributed by atoms with Crippen molar-refractivity contribution in [1.82, 2.24) is 0 Å². The fourth-order valence-corrected chi connectivity index (χ4v) is 3.09. The van der Waals surface area contributed by atoms with E-state index in [0.717, 1.165) is 25.7 Å². The van der Waals surface area contributed by atoms with Gasteiger partial charge in [0.1, 0.15) is 0 Å². The monoisotopic (exact) mass is 382 g/mol. The SMILES string of the molecule is CCCCC/C=C\C(C)/C=C\C/C=C\Cc1ccccc1CCCC(=O)OC. The van der Waals surface area contributed by atoms with Crippen LogP contribution in [-0.4, -0.2) is 13.1 Å². The molecule has 0 N–H and O–H groups in total. The summed E-state index contributed by atoms with van der Waals surface area (Å²) in [7, 11) is 1.44. The highest BCUT2D eigenvalue weighted by atomic mass is 16.5. The molecule has 154 valence electrons. The number of unbranched alkanes of at least 4 members (excludes halogenated alkanes) is 3. The molecule has 0 aliphatic heterocycles. The van der Waals surface area contributed by atoms with Crippen LogP contribution in [0.4, 0.5) is 0 Å². The molecule has 0 saturated carbocycles. The lowest BCUT2D eigenvalue weighted by molar-refractivity contribution is -0.140. The Morgan fingerprint density at radius 1 is 1.00 bits per heavy atom. The molecule has 1 aromatic carbocycles. The van der Waals surface area contributed by atoms with Gasteiger partial charge in [0.25, 0.3) is 0 Å². The lowest BCUT2D eigenvalue weighted by Gasteiger charge is -2.07. The Bertz CT molecular complexity index is 625. The van der Waals surface area contributed by atoms with Crippen molar-refractivity contribution in [2.45, 2.75) is 71.6 Å². The van der Waals surface area contributed by atoms with E-state index >= 15 is 0 Å². The molecule has 0 heterocycles. The summed E-state index contributed by atoms with van der Waals surface area (Å²) >= 11 is 0. The molecule has 0 amide bonds. The number of ether oxygens (including phenoxy) is 1. The van der Waals surface area contributed by atoms with Crippen LogP contribution in [0.2, 0.25) is 0 Å². The second-order valence-electron chi connectivity index (χ2n) is 7.32. The third kappa shape index (κ3) is 11.6. The number of carbonyl (C=O) groups is 1. The van der Waals surface area contributed by atoms with Crippen LogP contribution in [0.3, 0.4) is 0 Å². The van der Waals surface area contributed by atoms with E-state index in [1.54, 1.807) is 0 Å². The summed E-state index contributed by atoms with van der Waals surface area (Å²) < 4.78 is 4.71. The van der Waals surface area contributed by atoms with Crippen molar-refractivity contribution < 1.29 is 9.53 Å². The Morgan fingerprint density at radius 2 is 1.75 bits per heavy atom. The fourth-order valence-electron chi connectivity index (χ4n) is 3.09. The summed E-state index contributed by atoms with van der Waals surface area (Å²) in [6.07, 6.45) is 22.9.